The summed E-state index contributed by atoms with van der Waals surface area (Å²) in [6.07, 6.45) is 1.81. The van der Waals surface area contributed by atoms with Gasteiger partial charge in [0, 0.05) is 21.0 Å². The zero-order valence-electron chi connectivity index (χ0n) is 19.0. The Balaban J connectivity index is 1.39. The standard InChI is InChI=1S/C28H19Cl2NO3S2/c1-33-25-13-17(9-12-24(25)34-16-19-10-11-20(29)15-22(19)30)14-26-27(32)31(28(35)36-26)23-8-4-6-18-5-2-3-7-21(18)23/h2-15H,16H2,1H3/b26-14-. The molecule has 0 saturated carbocycles. The maximum absolute atomic E-state index is 13.4. The highest BCUT2D eigenvalue weighted by molar-refractivity contribution is 8.27. The van der Waals surface area contributed by atoms with E-state index >= 15 is 0 Å². The van der Waals surface area contributed by atoms with Gasteiger partial charge in [-0.1, -0.05) is 95.7 Å². The number of hydrogen-bond donors (Lipinski definition) is 0. The van der Waals surface area contributed by atoms with E-state index in [1.165, 1.54) is 11.8 Å². The molecule has 180 valence electrons. The molecule has 0 atom stereocenters. The molecule has 4 aromatic carbocycles. The Morgan fingerprint density at radius 1 is 0.972 bits per heavy atom. The lowest BCUT2D eigenvalue weighted by Crippen LogP contribution is -2.27. The van der Waals surface area contributed by atoms with Crippen LogP contribution in [0.15, 0.2) is 83.8 Å². The number of thiocarbonyl (C=S) groups is 1. The third kappa shape index (κ3) is 4.95. The molecule has 1 aliphatic rings. The van der Waals surface area contributed by atoms with Crippen LogP contribution in [0.2, 0.25) is 10.0 Å². The van der Waals surface area contributed by atoms with E-state index in [1.807, 2.05) is 66.7 Å². The zero-order chi connectivity index (χ0) is 25.2. The molecule has 0 bridgehead atoms. The van der Waals surface area contributed by atoms with Crippen molar-refractivity contribution in [1.82, 2.24) is 0 Å². The van der Waals surface area contributed by atoms with Crippen LogP contribution in [-0.2, 0) is 11.4 Å². The average Bonchev–Trinajstić information content (AvgIpc) is 3.15. The molecule has 1 amide bonds. The van der Waals surface area contributed by atoms with Crippen molar-refractivity contribution in [1.29, 1.82) is 0 Å². The van der Waals surface area contributed by atoms with E-state index in [1.54, 1.807) is 30.2 Å². The van der Waals surface area contributed by atoms with E-state index in [2.05, 4.69) is 0 Å². The van der Waals surface area contributed by atoms with Gasteiger partial charge in [0.1, 0.15) is 6.61 Å². The molecule has 0 aromatic heterocycles. The Hall–Kier alpha value is -3.03. The SMILES string of the molecule is COc1cc(/C=C2\SC(=S)N(c3cccc4ccccc34)C2=O)ccc1OCc1ccc(Cl)cc1Cl. The minimum absolute atomic E-state index is 0.155. The van der Waals surface area contributed by atoms with Gasteiger partial charge < -0.3 is 9.47 Å². The van der Waals surface area contributed by atoms with E-state index in [0.29, 0.717) is 30.8 Å². The van der Waals surface area contributed by atoms with Crippen LogP contribution in [0.4, 0.5) is 5.69 Å². The highest BCUT2D eigenvalue weighted by Gasteiger charge is 2.34. The Morgan fingerprint density at radius 3 is 2.58 bits per heavy atom. The molecule has 1 saturated heterocycles. The molecule has 8 heteroatoms. The molecule has 0 spiro atoms. The van der Waals surface area contributed by atoms with Crippen LogP contribution in [0.1, 0.15) is 11.1 Å². The smallest absolute Gasteiger partial charge is 0.270 e. The highest BCUT2D eigenvalue weighted by Crippen LogP contribution is 2.39. The number of carbonyl (C=O) groups is 1. The van der Waals surface area contributed by atoms with Gasteiger partial charge in [0.15, 0.2) is 15.8 Å². The Bertz CT molecular complexity index is 1530. The van der Waals surface area contributed by atoms with Crippen LogP contribution in [-0.4, -0.2) is 17.3 Å². The first-order chi connectivity index (χ1) is 17.4. The molecular formula is C28H19Cl2NO3S2. The molecule has 1 heterocycles. The van der Waals surface area contributed by atoms with Gasteiger partial charge in [-0.15, -0.1) is 0 Å². The highest BCUT2D eigenvalue weighted by atomic mass is 35.5. The number of methoxy groups -OCH3 is 1. The van der Waals surface area contributed by atoms with Crippen LogP contribution in [0, 0.1) is 0 Å². The van der Waals surface area contributed by atoms with Gasteiger partial charge in [-0.05, 0) is 47.4 Å². The van der Waals surface area contributed by atoms with E-state index < -0.39 is 0 Å². The monoisotopic (exact) mass is 551 g/mol. The normalized spacial score (nSPS) is 14.6. The molecule has 36 heavy (non-hydrogen) atoms. The van der Waals surface area contributed by atoms with Crippen LogP contribution >= 0.6 is 47.2 Å². The van der Waals surface area contributed by atoms with Gasteiger partial charge in [-0.2, -0.15) is 0 Å². The predicted octanol–water partition coefficient (Wildman–Crippen LogP) is 8.14. The fourth-order valence-corrected chi connectivity index (χ4v) is 5.67. The van der Waals surface area contributed by atoms with Crippen LogP contribution in [0.5, 0.6) is 11.5 Å². The predicted molar refractivity (Wildman–Crippen MR) is 153 cm³/mol. The van der Waals surface area contributed by atoms with Crippen molar-refractivity contribution in [3.8, 4) is 11.5 Å². The first-order valence-electron chi connectivity index (χ1n) is 10.9. The molecule has 0 N–H and O–H groups in total. The van der Waals surface area contributed by atoms with Crippen LogP contribution in [0.3, 0.4) is 0 Å². The lowest BCUT2D eigenvalue weighted by Gasteiger charge is -2.17. The van der Waals surface area contributed by atoms with Crippen molar-refractivity contribution in [2.45, 2.75) is 6.61 Å². The first-order valence-corrected chi connectivity index (χ1v) is 12.9. The maximum atomic E-state index is 13.4. The van der Waals surface area contributed by atoms with Crippen molar-refractivity contribution in [3.63, 3.8) is 0 Å². The van der Waals surface area contributed by atoms with Crippen molar-refractivity contribution in [2.24, 2.45) is 0 Å². The van der Waals surface area contributed by atoms with E-state index in [-0.39, 0.29) is 12.5 Å². The number of carbonyl (C=O) groups excluding carboxylic acids is 1. The molecule has 5 rings (SSSR count). The molecule has 4 aromatic rings. The Labute approximate surface area is 228 Å². The number of ether oxygens (including phenoxy) is 2. The summed E-state index contributed by atoms with van der Waals surface area (Å²) in [7, 11) is 1.57. The number of thioether (sulfide) groups is 1. The van der Waals surface area contributed by atoms with E-state index in [4.69, 9.17) is 44.9 Å². The molecule has 0 aliphatic carbocycles. The summed E-state index contributed by atoms with van der Waals surface area (Å²) in [5.41, 5.74) is 2.38. The first kappa shape index (κ1) is 24.7. The minimum Gasteiger partial charge on any atom is -0.493 e. The molecule has 4 nitrogen and oxygen atoms in total. The van der Waals surface area contributed by atoms with Gasteiger partial charge in [0.2, 0.25) is 0 Å². The minimum atomic E-state index is -0.155. The largest absolute Gasteiger partial charge is 0.493 e. The van der Waals surface area contributed by atoms with Gasteiger partial charge in [-0.25, -0.2) is 0 Å². The number of halogens is 2. The lowest BCUT2D eigenvalue weighted by molar-refractivity contribution is -0.113. The summed E-state index contributed by atoms with van der Waals surface area (Å²) in [6.45, 7) is 0.259. The number of nitrogens with zero attached hydrogens (tertiary/aromatic N) is 1. The van der Waals surface area contributed by atoms with Gasteiger partial charge in [0.05, 0.1) is 17.7 Å². The second-order valence-corrected chi connectivity index (χ2v) is 10.5. The zero-order valence-corrected chi connectivity index (χ0v) is 22.2. The van der Waals surface area contributed by atoms with Gasteiger partial charge >= 0.3 is 0 Å². The van der Waals surface area contributed by atoms with E-state index in [0.717, 1.165) is 27.6 Å². The number of amides is 1. The number of fused-ring (bicyclic) bond motifs is 1. The second kappa shape index (κ2) is 10.5. The fraction of sp³-hybridized carbons (Fsp3) is 0.0714. The Kier molecular flexibility index (Phi) is 7.21. The van der Waals surface area contributed by atoms with Crippen LogP contribution in [0.25, 0.3) is 16.8 Å². The number of hydrogen-bond acceptors (Lipinski definition) is 5. The third-order valence-corrected chi connectivity index (χ3v) is 7.57. The summed E-state index contributed by atoms with van der Waals surface area (Å²) < 4.78 is 12.0. The summed E-state index contributed by atoms with van der Waals surface area (Å²) in [5.74, 6) is 0.945. The molecule has 0 radical (unpaired) electrons. The van der Waals surface area contributed by atoms with Crippen molar-refractivity contribution < 1.29 is 14.3 Å². The maximum Gasteiger partial charge on any atom is 0.270 e. The fourth-order valence-electron chi connectivity index (χ4n) is 3.92. The molecular weight excluding hydrogens is 533 g/mol. The summed E-state index contributed by atoms with van der Waals surface area (Å²) >= 11 is 19.1. The molecule has 0 unspecified atom stereocenters. The number of anilines is 1. The van der Waals surface area contributed by atoms with Crippen LogP contribution < -0.4 is 14.4 Å². The van der Waals surface area contributed by atoms with Crippen molar-refractivity contribution >= 4 is 79.9 Å². The molecule has 1 aliphatic heterocycles. The molecule has 1 fully saturated rings. The second-order valence-electron chi connectivity index (χ2n) is 7.95. The summed E-state index contributed by atoms with van der Waals surface area (Å²) in [5, 5.41) is 3.12. The Morgan fingerprint density at radius 2 is 1.78 bits per heavy atom. The third-order valence-electron chi connectivity index (χ3n) is 5.68. The summed E-state index contributed by atoms with van der Waals surface area (Å²) in [4.78, 5) is 15.5. The van der Waals surface area contributed by atoms with E-state index in [9.17, 15) is 4.79 Å². The summed E-state index contributed by atoms with van der Waals surface area (Å²) in [6, 6.07) is 24.6. The lowest BCUT2D eigenvalue weighted by atomic mass is 10.1. The topological polar surface area (TPSA) is 38.8 Å². The quantitative estimate of drug-likeness (QED) is 0.178. The number of rotatable bonds is 6. The van der Waals surface area contributed by atoms with Crippen molar-refractivity contribution in [2.75, 3.05) is 12.0 Å². The average molecular weight is 553 g/mol. The van der Waals surface area contributed by atoms with Crippen molar-refractivity contribution in [3.05, 3.63) is 105 Å². The van der Waals surface area contributed by atoms with Gasteiger partial charge in [0.25, 0.3) is 5.91 Å². The van der Waals surface area contributed by atoms with Gasteiger partial charge in [-0.3, -0.25) is 9.69 Å². The number of benzene rings is 4.